The minimum atomic E-state index is -1.05. The highest BCUT2D eigenvalue weighted by atomic mass is 32.2. The van der Waals surface area contributed by atoms with E-state index in [1.54, 1.807) is 53.7 Å². The number of carbonyl (C=O) groups excluding carboxylic acids is 3. The van der Waals surface area contributed by atoms with Crippen LogP contribution in [0.4, 0.5) is 5.13 Å². The quantitative estimate of drug-likeness (QED) is 0.0261. The molecule has 0 saturated carbocycles. The highest BCUT2D eigenvalue weighted by molar-refractivity contribution is 8.00. The predicted molar refractivity (Wildman–Crippen MR) is 289 cm³/mol. The van der Waals surface area contributed by atoms with Crippen LogP contribution < -0.4 is 25.5 Å². The minimum absolute atomic E-state index is 0.0510. The molecule has 1 fully saturated rings. The number of fused-ring (bicyclic) bond motifs is 1. The lowest BCUT2D eigenvalue weighted by molar-refractivity contribution is -0.153. The fourth-order valence-electron chi connectivity index (χ4n) is 9.24. The van der Waals surface area contributed by atoms with Crippen LogP contribution in [-0.4, -0.2) is 69.3 Å². The van der Waals surface area contributed by atoms with E-state index in [-0.39, 0.29) is 47.2 Å². The van der Waals surface area contributed by atoms with Crippen molar-refractivity contribution in [1.82, 2.24) is 19.8 Å². The van der Waals surface area contributed by atoms with Crippen molar-refractivity contribution in [2.75, 3.05) is 25.3 Å². The number of oxime groups is 1. The number of β-lactam (4-membered cyclic amide) rings is 1. The Morgan fingerprint density at radius 1 is 0.760 bits per heavy atom. The van der Waals surface area contributed by atoms with Gasteiger partial charge in [0.1, 0.15) is 53.9 Å². The first-order valence-corrected chi connectivity index (χ1v) is 25.9. The number of hydrogen-bond donors (Lipinski definition) is 2. The van der Waals surface area contributed by atoms with E-state index < -0.39 is 40.8 Å². The molecule has 2 aliphatic heterocycles. The molecular weight excluding hydrogens is 985 g/mol. The second-order valence-electron chi connectivity index (χ2n) is 17.5. The molecular formula is C59H50N6O8S2. The highest BCUT2D eigenvalue weighted by Gasteiger charge is 2.55. The molecule has 2 aromatic heterocycles. The number of thiazole rings is 1. The van der Waals surface area contributed by atoms with Gasteiger partial charge in [0.15, 0.2) is 16.6 Å². The number of aromatic nitrogens is 2. The number of anilines is 1. The van der Waals surface area contributed by atoms with Crippen LogP contribution in [0.1, 0.15) is 45.2 Å². The zero-order chi connectivity index (χ0) is 51.7. The average molecular weight is 1040 g/mol. The van der Waals surface area contributed by atoms with Gasteiger partial charge in [0.05, 0.1) is 13.3 Å². The topological polar surface area (TPSA) is 163 Å². The van der Waals surface area contributed by atoms with Gasteiger partial charge in [-0.15, -0.1) is 23.1 Å². The maximum atomic E-state index is 14.4. The summed E-state index contributed by atoms with van der Waals surface area (Å²) in [6, 6.07) is 56.9. The Morgan fingerprint density at radius 3 is 1.89 bits per heavy atom. The van der Waals surface area contributed by atoms with E-state index in [4.69, 9.17) is 24.0 Å². The number of benzene rings is 6. The van der Waals surface area contributed by atoms with Crippen molar-refractivity contribution in [1.29, 1.82) is 0 Å². The van der Waals surface area contributed by atoms with Crippen LogP contribution in [0, 0.1) is 0 Å². The van der Waals surface area contributed by atoms with Gasteiger partial charge in [0.25, 0.3) is 11.8 Å². The van der Waals surface area contributed by atoms with Crippen LogP contribution in [0.15, 0.2) is 221 Å². The third-order valence-electron chi connectivity index (χ3n) is 12.9. The number of amides is 2. The first-order valence-electron chi connectivity index (χ1n) is 24.0. The molecule has 376 valence electrons. The van der Waals surface area contributed by atoms with Gasteiger partial charge in [-0.2, -0.15) is 0 Å². The lowest BCUT2D eigenvalue weighted by Gasteiger charge is -2.49. The number of rotatable bonds is 19. The molecule has 16 heteroatoms. The van der Waals surface area contributed by atoms with Crippen molar-refractivity contribution in [3.63, 3.8) is 0 Å². The number of methoxy groups -OCH3 is 1. The van der Waals surface area contributed by atoms with Crippen LogP contribution in [0.5, 0.6) is 11.5 Å². The maximum absolute atomic E-state index is 14.4. The largest absolute Gasteiger partial charge is 0.497 e. The van der Waals surface area contributed by atoms with Crippen LogP contribution in [-0.2, 0) is 42.6 Å². The Bertz CT molecular complexity index is 3280. The number of esters is 1. The molecule has 1 saturated heterocycles. The second-order valence-corrected chi connectivity index (χ2v) is 19.5. The zero-order valence-electron chi connectivity index (χ0n) is 40.8. The van der Waals surface area contributed by atoms with Crippen molar-refractivity contribution in [2.24, 2.45) is 5.16 Å². The average Bonchev–Trinajstić information content (AvgIpc) is 3.94. The summed E-state index contributed by atoms with van der Waals surface area (Å²) < 4.78 is 19.5. The zero-order valence-corrected chi connectivity index (χ0v) is 42.4. The van der Waals surface area contributed by atoms with Gasteiger partial charge < -0.3 is 34.2 Å². The molecule has 0 radical (unpaired) electrons. The summed E-state index contributed by atoms with van der Waals surface area (Å²) in [5.74, 6) is -0.927. The second kappa shape index (κ2) is 22.6. The highest BCUT2D eigenvalue weighted by Crippen LogP contribution is 2.43. The van der Waals surface area contributed by atoms with Gasteiger partial charge in [0.2, 0.25) is 5.43 Å². The summed E-state index contributed by atoms with van der Waals surface area (Å²) in [6.07, 6.45) is 2.63. The number of thioether (sulfide) groups is 1. The number of ether oxygens (including phenoxy) is 3. The van der Waals surface area contributed by atoms with E-state index in [2.05, 4.69) is 52.2 Å². The minimum Gasteiger partial charge on any atom is -0.497 e. The van der Waals surface area contributed by atoms with Crippen LogP contribution in [0.25, 0.3) is 0 Å². The summed E-state index contributed by atoms with van der Waals surface area (Å²) >= 11 is 2.67. The monoisotopic (exact) mass is 1030 g/mol. The van der Waals surface area contributed by atoms with Gasteiger partial charge in [-0.1, -0.05) is 169 Å². The van der Waals surface area contributed by atoms with Crippen molar-refractivity contribution >= 4 is 51.7 Å². The van der Waals surface area contributed by atoms with E-state index in [0.717, 1.165) is 27.8 Å². The Balaban J connectivity index is 0.914. The Kier molecular flexibility index (Phi) is 15.0. The predicted octanol–water partition coefficient (Wildman–Crippen LogP) is 9.33. The molecule has 6 aromatic carbocycles. The van der Waals surface area contributed by atoms with Crippen molar-refractivity contribution in [3.05, 3.63) is 260 Å². The van der Waals surface area contributed by atoms with E-state index in [1.165, 1.54) is 41.2 Å². The molecule has 0 spiro atoms. The van der Waals surface area contributed by atoms with Gasteiger partial charge >= 0.3 is 5.97 Å². The van der Waals surface area contributed by atoms with Crippen molar-refractivity contribution < 1.29 is 33.4 Å². The SMILES string of the molecule is CO/N=C(\C(=O)N[C@@H]1C(=O)N2C(C(=O)OCc3ccc(OC)cc3)=C(Cn3ccc(=O)c(OC(c4ccccc4)c4ccccc4)c3)CS[C@H]12)c1csc(NC(c2ccccc2)(c2ccccc2)c2ccccc2)n1. The van der Waals surface area contributed by atoms with Gasteiger partial charge in [-0.25, -0.2) is 9.78 Å². The molecule has 2 atom stereocenters. The molecule has 2 aliphatic rings. The van der Waals surface area contributed by atoms with Gasteiger partial charge in [-0.05, 0) is 51.1 Å². The fourth-order valence-corrected chi connectivity index (χ4v) is 11.3. The van der Waals surface area contributed by atoms with Crippen molar-refractivity contribution in [3.8, 4) is 11.5 Å². The van der Waals surface area contributed by atoms with E-state index in [9.17, 15) is 19.2 Å². The van der Waals surface area contributed by atoms with Crippen LogP contribution in [0.3, 0.4) is 0 Å². The summed E-state index contributed by atoms with van der Waals surface area (Å²) in [6.45, 7) is 0.0247. The molecule has 2 N–H and O–H groups in total. The van der Waals surface area contributed by atoms with E-state index in [0.29, 0.717) is 22.0 Å². The smallest absolute Gasteiger partial charge is 0.355 e. The number of nitrogens with one attached hydrogen (secondary N) is 2. The van der Waals surface area contributed by atoms with Crippen molar-refractivity contribution in [2.45, 2.75) is 36.2 Å². The summed E-state index contributed by atoms with van der Waals surface area (Å²) in [5, 5.41) is 12.2. The summed E-state index contributed by atoms with van der Waals surface area (Å²) in [4.78, 5) is 68.0. The molecule has 14 nitrogen and oxygen atoms in total. The maximum Gasteiger partial charge on any atom is 0.355 e. The fraction of sp³-hybridized carbons (Fsp3) is 0.153. The lowest BCUT2D eigenvalue weighted by Crippen LogP contribution is -2.71. The van der Waals surface area contributed by atoms with E-state index in [1.807, 2.05) is 115 Å². The first kappa shape index (κ1) is 49.8. The number of hydrogen-bond acceptors (Lipinski definition) is 13. The lowest BCUT2D eigenvalue weighted by atomic mass is 9.77. The number of carbonyl (C=O) groups is 3. The molecule has 0 aliphatic carbocycles. The van der Waals surface area contributed by atoms with Gasteiger partial charge in [-0.3, -0.25) is 19.3 Å². The Hall–Kier alpha value is -8.73. The van der Waals surface area contributed by atoms with Gasteiger partial charge in [0, 0.05) is 29.9 Å². The molecule has 4 heterocycles. The Labute approximate surface area is 441 Å². The molecule has 0 bridgehead atoms. The summed E-state index contributed by atoms with van der Waals surface area (Å²) in [5.41, 5.74) is 4.80. The Morgan fingerprint density at radius 2 is 1.33 bits per heavy atom. The molecule has 75 heavy (non-hydrogen) atoms. The standard InChI is InChI=1S/C59H50N6O8S2/c1-70-46-30-28-39(29-31-46)36-72-57(69)52-42(34-64-33-32-48(66)49(35-64)73-53(40-18-8-3-9-19-40)41-20-10-4-11-21-41)37-74-56-51(55(68)65(52)56)61-54(67)50(63-71-2)47-38-75-58(60-47)62-59(43-22-12-5-13-23-43,44-24-14-6-15-25-44)45-26-16-7-17-27-45/h3-33,35,38,51,53,56H,34,36-37H2,1-2H3,(H,60,62)(H,61,67)/b63-50-/t51-,56-/m1/s1. The molecule has 10 rings (SSSR count). The first-order chi connectivity index (χ1) is 36.7. The third kappa shape index (κ3) is 10.6. The van der Waals surface area contributed by atoms with Crippen LogP contribution in [0.2, 0.25) is 0 Å². The molecule has 8 aromatic rings. The normalized spacial score (nSPS) is 15.4. The number of pyridine rings is 1. The van der Waals surface area contributed by atoms with E-state index >= 15 is 0 Å². The number of nitrogens with zero attached hydrogens (tertiary/aromatic N) is 4. The van der Waals surface area contributed by atoms with Crippen LogP contribution >= 0.6 is 23.1 Å². The third-order valence-corrected chi connectivity index (χ3v) is 15.0. The molecule has 2 amide bonds. The summed E-state index contributed by atoms with van der Waals surface area (Å²) in [7, 11) is 2.90. The molecule has 0 unspecified atom stereocenters.